The summed E-state index contributed by atoms with van der Waals surface area (Å²) in [4.78, 5) is 0. The second kappa shape index (κ2) is 6.32. The SMILES string of the molecule is CCC(CO)(CO)NCC(C)OC. The number of aliphatic hydroxyl groups excluding tert-OH is 2. The van der Waals surface area contributed by atoms with Crippen LogP contribution in [0.2, 0.25) is 0 Å². The van der Waals surface area contributed by atoms with E-state index in [1.165, 1.54) is 0 Å². The van der Waals surface area contributed by atoms with Crippen molar-refractivity contribution in [3.8, 4) is 0 Å². The molecule has 0 radical (unpaired) electrons. The van der Waals surface area contributed by atoms with Gasteiger partial charge in [-0.05, 0) is 13.3 Å². The first kappa shape index (κ1) is 12.8. The molecule has 0 amide bonds. The van der Waals surface area contributed by atoms with E-state index < -0.39 is 5.54 Å². The fourth-order valence-electron chi connectivity index (χ4n) is 0.954. The molecule has 0 aromatic carbocycles. The summed E-state index contributed by atoms with van der Waals surface area (Å²) < 4.78 is 5.05. The minimum atomic E-state index is -0.563. The molecular formula is C9H21NO3. The van der Waals surface area contributed by atoms with Crippen molar-refractivity contribution < 1.29 is 14.9 Å². The van der Waals surface area contributed by atoms with Crippen LogP contribution in [-0.4, -0.2) is 48.7 Å². The molecule has 4 heteroatoms. The maximum atomic E-state index is 9.10. The van der Waals surface area contributed by atoms with Gasteiger partial charge in [-0.1, -0.05) is 6.92 Å². The third-order valence-electron chi connectivity index (χ3n) is 2.45. The molecule has 0 aromatic rings. The van der Waals surface area contributed by atoms with Crippen molar-refractivity contribution in [1.29, 1.82) is 0 Å². The van der Waals surface area contributed by atoms with E-state index in [1.807, 2.05) is 13.8 Å². The minimum absolute atomic E-state index is 0.0591. The Balaban J connectivity index is 3.95. The van der Waals surface area contributed by atoms with Gasteiger partial charge in [-0.3, -0.25) is 0 Å². The summed E-state index contributed by atoms with van der Waals surface area (Å²) in [5, 5.41) is 21.3. The number of nitrogens with one attached hydrogen (secondary N) is 1. The summed E-state index contributed by atoms with van der Waals surface area (Å²) in [5.41, 5.74) is -0.563. The molecule has 0 heterocycles. The molecule has 0 fully saturated rings. The van der Waals surface area contributed by atoms with E-state index in [0.29, 0.717) is 13.0 Å². The minimum Gasteiger partial charge on any atom is -0.394 e. The summed E-state index contributed by atoms with van der Waals surface area (Å²) in [6, 6.07) is 0. The Kier molecular flexibility index (Phi) is 6.24. The number of hydrogen-bond acceptors (Lipinski definition) is 4. The summed E-state index contributed by atoms with van der Waals surface area (Å²) in [7, 11) is 1.64. The first-order chi connectivity index (χ1) is 6.14. The largest absolute Gasteiger partial charge is 0.394 e. The summed E-state index contributed by atoms with van der Waals surface area (Å²) >= 11 is 0. The van der Waals surface area contributed by atoms with E-state index in [0.717, 1.165) is 0 Å². The molecule has 0 aliphatic rings. The summed E-state index contributed by atoms with van der Waals surface area (Å²) in [6.07, 6.45) is 0.778. The molecule has 1 atom stereocenters. The Labute approximate surface area is 79.9 Å². The van der Waals surface area contributed by atoms with Gasteiger partial charge in [0.2, 0.25) is 0 Å². The van der Waals surface area contributed by atoms with E-state index in [9.17, 15) is 0 Å². The molecule has 13 heavy (non-hydrogen) atoms. The van der Waals surface area contributed by atoms with E-state index in [-0.39, 0.29) is 19.3 Å². The van der Waals surface area contributed by atoms with Crippen molar-refractivity contribution >= 4 is 0 Å². The van der Waals surface area contributed by atoms with Crippen LogP contribution in [-0.2, 0) is 4.74 Å². The molecule has 0 saturated heterocycles. The zero-order chi connectivity index (χ0) is 10.3. The van der Waals surface area contributed by atoms with Crippen LogP contribution < -0.4 is 5.32 Å². The highest BCUT2D eigenvalue weighted by Gasteiger charge is 2.25. The van der Waals surface area contributed by atoms with Crippen LogP contribution in [0.1, 0.15) is 20.3 Å². The highest BCUT2D eigenvalue weighted by molar-refractivity contribution is 4.85. The van der Waals surface area contributed by atoms with Crippen molar-refractivity contribution in [2.75, 3.05) is 26.9 Å². The zero-order valence-electron chi connectivity index (χ0n) is 8.71. The first-order valence-electron chi connectivity index (χ1n) is 4.63. The molecule has 0 saturated carbocycles. The van der Waals surface area contributed by atoms with Gasteiger partial charge in [0.25, 0.3) is 0 Å². The quantitative estimate of drug-likeness (QED) is 0.519. The van der Waals surface area contributed by atoms with Crippen molar-refractivity contribution in [2.24, 2.45) is 0 Å². The van der Waals surface area contributed by atoms with Crippen LogP contribution in [0.3, 0.4) is 0 Å². The maximum absolute atomic E-state index is 9.10. The maximum Gasteiger partial charge on any atom is 0.0667 e. The van der Waals surface area contributed by atoms with Crippen LogP contribution in [0, 0.1) is 0 Å². The van der Waals surface area contributed by atoms with Crippen LogP contribution >= 0.6 is 0 Å². The molecule has 80 valence electrons. The van der Waals surface area contributed by atoms with Crippen LogP contribution in [0.5, 0.6) is 0 Å². The topological polar surface area (TPSA) is 61.7 Å². The number of aliphatic hydroxyl groups is 2. The van der Waals surface area contributed by atoms with E-state index in [4.69, 9.17) is 14.9 Å². The lowest BCUT2D eigenvalue weighted by molar-refractivity contribution is 0.0608. The van der Waals surface area contributed by atoms with Crippen LogP contribution in [0.25, 0.3) is 0 Å². The second-order valence-corrected chi connectivity index (χ2v) is 3.38. The number of ether oxygens (including phenoxy) is 1. The Morgan fingerprint density at radius 3 is 2.23 bits per heavy atom. The zero-order valence-corrected chi connectivity index (χ0v) is 8.71. The standard InChI is InChI=1S/C9H21NO3/c1-4-9(6-11,7-12)10-5-8(2)13-3/h8,10-12H,4-7H2,1-3H3. The lowest BCUT2D eigenvalue weighted by atomic mass is 9.98. The van der Waals surface area contributed by atoms with Gasteiger partial charge >= 0.3 is 0 Å². The van der Waals surface area contributed by atoms with Gasteiger partial charge < -0.3 is 20.3 Å². The van der Waals surface area contributed by atoms with Gasteiger partial charge in [0.05, 0.1) is 24.9 Å². The van der Waals surface area contributed by atoms with Gasteiger partial charge in [0, 0.05) is 13.7 Å². The molecule has 0 aliphatic carbocycles. The Morgan fingerprint density at radius 2 is 1.92 bits per heavy atom. The fourth-order valence-corrected chi connectivity index (χ4v) is 0.954. The van der Waals surface area contributed by atoms with E-state index in [2.05, 4.69) is 5.32 Å². The third kappa shape index (κ3) is 4.04. The molecule has 0 rings (SSSR count). The third-order valence-corrected chi connectivity index (χ3v) is 2.45. The van der Waals surface area contributed by atoms with Crippen molar-refractivity contribution in [3.63, 3.8) is 0 Å². The Hall–Kier alpha value is -0.160. The fraction of sp³-hybridized carbons (Fsp3) is 1.00. The average Bonchev–Trinajstić information content (AvgIpc) is 2.20. The van der Waals surface area contributed by atoms with Crippen molar-refractivity contribution in [1.82, 2.24) is 5.32 Å². The highest BCUT2D eigenvalue weighted by atomic mass is 16.5. The predicted octanol–water partition coefficient (Wildman–Crippen LogP) is -0.256. The molecule has 0 aliphatic heterocycles. The van der Waals surface area contributed by atoms with Gasteiger partial charge in [0.1, 0.15) is 0 Å². The van der Waals surface area contributed by atoms with E-state index in [1.54, 1.807) is 7.11 Å². The highest BCUT2D eigenvalue weighted by Crippen LogP contribution is 2.08. The normalized spacial score (nSPS) is 14.5. The number of hydrogen-bond donors (Lipinski definition) is 3. The van der Waals surface area contributed by atoms with Gasteiger partial charge in [0.15, 0.2) is 0 Å². The van der Waals surface area contributed by atoms with E-state index >= 15 is 0 Å². The van der Waals surface area contributed by atoms with Crippen molar-refractivity contribution in [3.05, 3.63) is 0 Å². The van der Waals surface area contributed by atoms with Crippen molar-refractivity contribution in [2.45, 2.75) is 31.9 Å². The molecule has 0 aromatic heterocycles. The number of rotatable bonds is 7. The Bertz CT molecular complexity index is 118. The van der Waals surface area contributed by atoms with Gasteiger partial charge in [-0.2, -0.15) is 0 Å². The number of methoxy groups -OCH3 is 1. The molecule has 0 bridgehead atoms. The van der Waals surface area contributed by atoms with Gasteiger partial charge in [-0.25, -0.2) is 0 Å². The average molecular weight is 191 g/mol. The lowest BCUT2D eigenvalue weighted by Gasteiger charge is -2.30. The summed E-state index contributed by atoms with van der Waals surface area (Å²) in [6.45, 7) is 4.37. The van der Waals surface area contributed by atoms with Crippen LogP contribution in [0.15, 0.2) is 0 Å². The smallest absolute Gasteiger partial charge is 0.0667 e. The molecule has 0 spiro atoms. The molecule has 1 unspecified atom stereocenters. The first-order valence-corrected chi connectivity index (χ1v) is 4.63. The molecule has 4 nitrogen and oxygen atoms in total. The second-order valence-electron chi connectivity index (χ2n) is 3.38. The lowest BCUT2D eigenvalue weighted by Crippen LogP contribution is -2.53. The Morgan fingerprint density at radius 1 is 1.38 bits per heavy atom. The molecule has 3 N–H and O–H groups in total. The molecular weight excluding hydrogens is 170 g/mol. The monoisotopic (exact) mass is 191 g/mol. The van der Waals surface area contributed by atoms with Gasteiger partial charge in [-0.15, -0.1) is 0 Å². The predicted molar refractivity (Wildman–Crippen MR) is 51.7 cm³/mol. The van der Waals surface area contributed by atoms with Crippen LogP contribution in [0.4, 0.5) is 0 Å². The summed E-state index contributed by atoms with van der Waals surface area (Å²) in [5.74, 6) is 0.